The van der Waals surface area contributed by atoms with E-state index in [2.05, 4.69) is 33.8 Å². The molecule has 0 aliphatic heterocycles. The Morgan fingerprint density at radius 3 is 2.63 bits per heavy atom. The van der Waals surface area contributed by atoms with E-state index >= 15 is 0 Å². The maximum absolute atomic E-state index is 12.4. The van der Waals surface area contributed by atoms with E-state index in [-0.39, 0.29) is 23.7 Å². The molecule has 1 rings (SSSR count). The fourth-order valence-corrected chi connectivity index (χ4v) is 3.83. The molecule has 154 valence electrons. The van der Waals surface area contributed by atoms with Gasteiger partial charge in [0.2, 0.25) is 0 Å². The summed E-state index contributed by atoms with van der Waals surface area (Å²) in [6.07, 6.45) is 13.5. The van der Waals surface area contributed by atoms with Crippen LogP contribution in [-0.2, 0) is 9.59 Å². The third-order valence-corrected chi connectivity index (χ3v) is 5.87. The van der Waals surface area contributed by atoms with E-state index in [0.29, 0.717) is 31.0 Å². The third kappa shape index (κ3) is 8.00. The van der Waals surface area contributed by atoms with Crippen LogP contribution in [0.5, 0.6) is 0 Å². The summed E-state index contributed by atoms with van der Waals surface area (Å²) >= 11 is 0. The Balaban J connectivity index is 2.63. The van der Waals surface area contributed by atoms with Crippen LogP contribution in [0, 0.1) is 23.2 Å². The predicted molar refractivity (Wildman–Crippen MR) is 109 cm³/mol. The first-order valence-electron chi connectivity index (χ1n) is 10.4. The summed E-state index contributed by atoms with van der Waals surface area (Å²) in [4.78, 5) is 22.9. The minimum atomic E-state index is -0.770. The lowest BCUT2D eigenvalue weighted by Crippen LogP contribution is -2.28. The molecule has 4 nitrogen and oxygen atoms in total. The SMILES string of the molecule is CCCCC(C)(C)C(O)/C=C/C1C(C)CC(=O)C1C/C=C/CCCC(=O)O. The van der Waals surface area contributed by atoms with Crippen LogP contribution >= 0.6 is 0 Å². The number of carbonyl (C=O) groups excluding carboxylic acids is 1. The summed E-state index contributed by atoms with van der Waals surface area (Å²) in [5.74, 6) is -0.0401. The standard InChI is InChI=1S/C23H38O4/c1-5-6-15-23(3,4)21(25)14-13-18-17(2)16-20(24)19(18)11-9-7-8-10-12-22(26)27/h7,9,13-14,17-19,21,25H,5-6,8,10-12,15-16H2,1-4H3,(H,26,27)/b9-7+,14-13+. The molecule has 1 saturated carbocycles. The molecule has 0 aromatic carbocycles. The zero-order valence-electron chi connectivity index (χ0n) is 17.5. The van der Waals surface area contributed by atoms with Crippen molar-refractivity contribution in [2.75, 3.05) is 0 Å². The quantitative estimate of drug-likeness (QED) is 0.363. The van der Waals surface area contributed by atoms with Gasteiger partial charge >= 0.3 is 5.97 Å². The largest absolute Gasteiger partial charge is 0.481 e. The lowest BCUT2D eigenvalue weighted by molar-refractivity contribution is -0.137. The summed E-state index contributed by atoms with van der Waals surface area (Å²) in [6.45, 7) is 8.46. The van der Waals surface area contributed by atoms with Gasteiger partial charge in [-0.15, -0.1) is 0 Å². The van der Waals surface area contributed by atoms with E-state index in [0.717, 1.165) is 25.7 Å². The molecule has 1 aliphatic carbocycles. The molecule has 4 atom stereocenters. The molecular formula is C23H38O4. The summed E-state index contributed by atoms with van der Waals surface area (Å²) in [5.41, 5.74) is -0.155. The molecule has 0 aromatic rings. The first-order valence-corrected chi connectivity index (χ1v) is 10.4. The molecule has 0 saturated heterocycles. The molecule has 0 amide bonds. The van der Waals surface area contributed by atoms with Crippen molar-refractivity contribution in [2.45, 2.75) is 85.2 Å². The molecule has 27 heavy (non-hydrogen) atoms. The van der Waals surface area contributed by atoms with Gasteiger partial charge < -0.3 is 10.2 Å². The molecule has 1 fully saturated rings. The maximum atomic E-state index is 12.4. The molecule has 4 heteroatoms. The first-order chi connectivity index (χ1) is 12.7. The molecule has 1 aliphatic rings. The number of ketones is 1. The number of hydrogen-bond donors (Lipinski definition) is 2. The molecule has 0 bridgehead atoms. The van der Waals surface area contributed by atoms with E-state index < -0.39 is 12.1 Å². The minimum absolute atomic E-state index is 0.0297. The highest BCUT2D eigenvalue weighted by molar-refractivity contribution is 5.84. The lowest BCUT2D eigenvalue weighted by Gasteiger charge is -2.29. The van der Waals surface area contributed by atoms with Crippen LogP contribution < -0.4 is 0 Å². The molecule has 0 aromatic heterocycles. The van der Waals surface area contributed by atoms with Crippen LogP contribution in [0.2, 0.25) is 0 Å². The normalized spacial score (nSPS) is 24.9. The van der Waals surface area contributed by atoms with Crippen molar-refractivity contribution in [3.8, 4) is 0 Å². The Labute approximate surface area is 164 Å². The fourth-order valence-electron chi connectivity index (χ4n) is 3.83. The zero-order valence-corrected chi connectivity index (χ0v) is 17.5. The third-order valence-electron chi connectivity index (χ3n) is 5.87. The zero-order chi connectivity index (χ0) is 20.4. The number of aliphatic hydroxyl groups excluding tert-OH is 1. The van der Waals surface area contributed by atoms with Crippen molar-refractivity contribution in [2.24, 2.45) is 23.2 Å². The Hall–Kier alpha value is -1.42. The number of carboxylic acids is 1. The van der Waals surface area contributed by atoms with Gasteiger partial charge in [0.25, 0.3) is 0 Å². The van der Waals surface area contributed by atoms with Gasteiger partial charge in [0.05, 0.1) is 6.10 Å². The highest BCUT2D eigenvalue weighted by Gasteiger charge is 2.38. The van der Waals surface area contributed by atoms with Crippen molar-refractivity contribution in [1.29, 1.82) is 0 Å². The summed E-state index contributed by atoms with van der Waals surface area (Å²) in [7, 11) is 0. The van der Waals surface area contributed by atoms with Crippen molar-refractivity contribution in [3.05, 3.63) is 24.3 Å². The van der Waals surface area contributed by atoms with Gasteiger partial charge in [-0.3, -0.25) is 9.59 Å². The Morgan fingerprint density at radius 1 is 1.30 bits per heavy atom. The number of carbonyl (C=O) groups is 2. The number of unbranched alkanes of at least 4 members (excludes halogenated alkanes) is 2. The predicted octanol–water partition coefficient (Wildman–Crippen LogP) is 5.16. The smallest absolute Gasteiger partial charge is 0.303 e. The molecule has 0 radical (unpaired) electrons. The van der Waals surface area contributed by atoms with Crippen LogP contribution in [0.25, 0.3) is 0 Å². The second kappa shape index (κ2) is 11.4. The monoisotopic (exact) mass is 378 g/mol. The van der Waals surface area contributed by atoms with Crippen molar-refractivity contribution in [1.82, 2.24) is 0 Å². The summed E-state index contributed by atoms with van der Waals surface area (Å²) in [6, 6.07) is 0. The van der Waals surface area contributed by atoms with Gasteiger partial charge in [-0.1, -0.05) is 64.8 Å². The van der Waals surface area contributed by atoms with Gasteiger partial charge in [-0.2, -0.15) is 0 Å². The van der Waals surface area contributed by atoms with Crippen LogP contribution in [0.4, 0.5) is 0 Å². The second-order valence-corrected chi connectivity index (χ2v) is 8.75. The first kappa shape index (κ1) is 23.6. The number of rotatable bonds is 12. The van der Waals surface area contributed by atoms with E-state index in [1.54, 1.807) is 0 Å². The average Bonchev–Trinajstić information content (AvgIpc) is 2.86. The highest BCUT2D eigenvalue weighted by atomic mass is 16.4. The van der Waals surface area contributed by atoms with Gasteiger partial charge in [0.15, 0.2) is 0 Å². The summed E-state index contributed by atoms with van der Waals surface area (Å²) < 4.78 is 0. The minimum Gasteiger partial charge on any atom is -0.481 e. The Kier molecular flexibility index (Phi) is 10.00. The van der Waals surface area contributed by atoms with E-state index in [9.17, 15) is 14.7 Å². The highest BCUT2D eigenvalue weighted by Crippen LogP contribution is 2.38. The van der Waals surface area contributed by atoms with Crippen LogP contribution in [-0.4, -0.2) is 28.1 Å². The van der Waals surface area contributed by atoms with Gasteiger partial charge in [-0.05, 0) is 42.9 Å². The van der Waals surface area contributed by atoms with Crippen molar-refractivity contribution >= 4 is 11.8 Å². The van der Waals surface area contributed by atoms with Crippen molar-refractivity contribution < 1.29 is 19.8 Å². The number of allylic oxidation sites excluding steroid dienone is 3. The number of aliphatic carboxylic acids is 1. The number of carboxylic acid groups (broad SMARTS) is 1. The Morgan fingerprint density at radius 2 is 2.00 bits per heavy atom. The van der Waals surface area contributed by atoms with Gasteiger partial charge in [-0.25, -0.2) is 0 Å². The number of hydrogen-bond acceptors (Lipinski definition) is 3. The van der Waals surface area contributed by atoms with Crippen LogP contribution in [0.1, 0.15) is 79.1 Å². The molecule has 0 spiro atoms. The van der Waals surface area contributed by atoms with E-state index in [1.165, 1.54) is 0 Å². The van der Waals surface area contributed by atoms with E-state index in [1.807, 2.05) is 18.2 Å². The Bertz CT molecular complexity index is 532. The molecular weight excluding hydrogens is 340 g/mol. The average molecular weight is 379 g/mol. The topological polar surface area (TPSA) is 74.6 Å². The van der Waals surface area contributed by atoms with Crippen LogP contribution in [0.15, 0.2) is 24.3 Å². The number of aliphatic hydroxyl groups is 1. The second-order valence-electron chi connectivity index (χ2n) is 8.75. The maximum Gasteiger partial charge on any atom is 0.303 e. The van der Waals surface area contributed by atoms with Crippen molar-refractivity contribution in [3.63, 3.8) is 0 Å². The van der Waals surface area contributed by atoms with Crippen LogP contribution in [0.3, 0.4) is 0 Å². The fraction of sp³-hybridized carbons (Fsp3) is 0.739. The number of Topliss-reactive ketones (excluding diaryl/α,β-unsaturated/α-hetero) is 1. The van der Waals surface area contributed by atoms with Gasteiger partial charge in [0, 0.05) is 18.8 Å². The van der Waals surface area contributed by atoms with Gasteiger partial charge in [0.1, 0.15) is 5.78 Å². The molecule has 4 unspecified atom stereocenters. The van der Waals surface area contributed by atoms with E-state index in [4.69, 9.17) is 5.11 Å². The summed E-state index contributed by atoms with van der Waals surface area (Å²) in [5, 5.41) is 19.2. The lowest BCUT2D eigenvalue weighted by atomic mass is 9.80. The molecule has 0 heterocycles. The molecule has 2 N–H and O–H groups in total.